The second-order valence-corrected chi connectivity index (χ2v) is 7.40. The normalized spacial score (nSPS) is 16.4. The van der Waals surface area contributed by atoms with Crippen molar-refractivity contribution in [3.8, 4) is 0 Å². The van der Waals surface area contributed by atoms with Gasteiger partial charge in [-0.1, -0.05) is 23.9 Å². The van der Waals surface area contributed by atoms with Gasteiger partial charge < -0.3 is 9.67 Å². The second kappa shape index (κ2) is 6.32. The molecule has 3 rings (SSSR count). The fourth-order valence-electron chi connectivity index (χ4n) is 2.76. The van der Waals surface area contributed by atoms with Crippen molar-refractivity contribution in [2.75, 3.05) is 17.3 Å². The monoisotopic (exact) mass is 322 g/mol. The summed E-state index contributed by atoms with van der Waals surface area (Å²) in [6, 6.07) is 6.65. The Morgan fingerprint density at radius 3 is 2.95 bits per heavy atom. The van der Waals surface area contributed by atoms with Crippen molar-refractivity contribution in [2.45, 2.75) is 31.0 Å². The van der Waals surface area contributed by atoms with Crippen molar-refractivity contribution in [1.29, 1.82) is 0 Å². The quantitative estimate of drug-likeness (QED) is 0.872. The SMILES string of the molecule is Cc1cccc2c1nc(SCC(=O)O)n2C1CCSCC1. The summed E-state index contributed by atoms with van der Waals surface area (Å²) in [7, 11) is 0. The molecule has 1 fully saturated rings. The van der Waals surface area contributed by atoms with Gasteiger partial charge in [0.25, 0.3) is 0 Å². The Morgan fingerprint density at radius 1 is 1.48 bits per heavy atom. The van der Waals surface area contributed by atoms with Crippen LogP contribution in [0.3, 0.4) is 0 Å². The Hall–Kier alpha value is -1.14. The van der Waals surface area contributed by atoms with Crippen LogP contribution >= 0.6 is 23.5 Å². The van der Waals surface area contributed by atoms with Crippen LogP contribution in [0.25, 0.3) is 11.0 Å². The maximum atomic E-state index is 10.9. The van der Waals surface area contributed by atoms with E-state index in [-0.39, 0.29) is 5.75 Å². The maximum absolute atomic E-state index is 10.9. The number of carbonyl (C=O) groups is 1. The summed E-state index contributed by atoms with van der Waals surface area (Å²) in [5, 5.41) is 9.79. The average molecular weight is 322 g/mol. The summed E-state index contributed by atoms with van der Waals surface area (Å²) in [5.41, 5.74) is 3.29. The van der Waals surface area contributed by atoms with Crippen LogP contribution in [0.15, 0.2) is 23.4 Å². The standard InChI is InChI=1S/C15H18N2O2S2/c1-10-3-2-4-12-14(10)16-15(21-9-13(18)19)17(12)11-5-7-20-8-6-11/h2-4,11H,5-9H2,1H3,(H,18,19). The molecule has 0 bridgehead atoms. The first-order chi connectivity index (χ1) is 10.2. The molecule has 0 unspecified atom stereocenters. The molecule has 21 heavy (non-hydrogen) atoms. The zero-order chi connectivity index (χ0) is 14.8. The van der Waals surface area contributed by atoms with E-state index in [0.29, 0.717) is 6.04 Å². The Kier molecular flexibility index (Phi) is 4.45. The first-order valence-electron chi connectivity index (χ1n) is 7.06. The van der Waals surface area contributed by atoms with Gasteiger partial charge >= 0.3 is 5.97 Å². The predicted octanol–water partition coefficient (Wildman–Crippen LogP) is 3.59. The molecule has 1 aliphatic heterocycles. The molecule has 0 atom stereocenters. The number of rotatable bonds is 4. The Balaban J connectivity index is 2.06. The average Bonchev–Trinajstić information content (AvgIpc) is 2.86. The van der Waals surface area contributed by atoms with Crippen molar-refractivity contribution in [1.82, 2.24) is 9.55 Å². The van der Waals surface area contributed by atoms with Crippen molar-refractivity contribution < 1.29 is 9.90 Å². The minimum absolute atomic E-state index is 0.0594. The highest BCUT2D eigenvalue weighted by molar-refractivity contribution is 7.99. The van der Waals surface area contributed by atoms with E-state index in [4.69, 9.17) is 10.1 Å². The van der Waals surface area contributed by atoms with Crippen LogP contribution in [-0.2, 0) is 4.79 Å². The highest BCUT2D eigenvalue weighted by atomic mass is 32.2. The number of carboxylic acids is 1. The summed E-state index contributed by atoms with van der Waals surface area (Å²) >= 11 is 3.32. The first kappa shape index (κ1) is 14.8. The van der Waals surface area contributed by atoms with Crippen LogP contribution in [0.5, 0.6) is 0 Å². The number of fused-ring (bicyclic) bond motifs is 1. The molecule has 0 saturated carbocycles. The number of aryl methyl sites for hydroxylation is 1. The molecule has 4 nitrogen and oxygen atoms in total. The number of aromatic nitrogens is 2. The summed E-state index contributed by atoms with van der Waals surface area (Å²) in [6.45, 7) is 2.06. The lowest BCUT2D eigenvalue weighted by atomic mass is 10.1. The van der Waals surface area contributed by atoms with Gasteiger partial charge in [-0.15, -0.1) is 0 Å². The van der Waals surface area contributed by atoms with Crippen LogP contribution in [-0.4, -0.2) is 37.9 Å². The third-order valence-electron chi connectivity index (χ3n) is 3.77. The summed E-state index contributed by atoms with van der Waals surface area (Å²) in [4.78, 5) is 15.6. The Morgan fingerprint density at radius 2 is 2.24 bits per heavy atom. The highest BCUT2D eigenvalue weighted by Crippen LogP contribution is 2.35. The van der Waals surface area contributed by atoms with E-state index in [1.165, 1.54) is 23.3 Å². The second-order valence-electron chi connectivity index (χ2n) is 5.23. The van der Waals surface area contributed by atoms with Gasteiger partial charge in [-0.2, -0.15) is 11.8 Å². The molecular weight excluding hydrogens is 304 g/mol. The Labute approximate surface area is 132 Å². The fraction of sp³-hybridized carbons (Fsp3) is 0.467. The minimum atomic E-state index is -0.797. The largest absolute Gasteiger partial charge is 0.481 e. The van der Waals surface area contributed by atoms with Gasteiger partial charge in [0.15, 0.2) is 5.16 Å². The van der Waals surface area contributed by atoms with E-state index in [1.807, 2.05) is 11.8 Å². The van der Waals surface area contributed by atoms with Crippen LogP contribution in [0.1, 0.15) is 24.4 Å². The third kappa shape index (κ3) is 3.06. The number of benzene rings is 1. The van der Waals surface area contributed by atoms with E-state index >= 15 is 0 Å². The van der Waals surface area contributed by atoms with E-state index in [2.05, 4.69) is 29.7 Å². The third-order valence-corrected chi connectivity index (χ3v) is 5.76. The fourth-order valence-corrected chi connectivity index (χ4v) is 4.64. The van der Waals surface area contributed by atoms with E-state index in [0.717, 1.165) is 34.6 Å². The molecule has 1 N–H and O–H groups in total. The van der Waals surface area contributed by atoms with E-state index in [9.17, 15) is 4.79 Å². The maximum Gasteiger partial charge on any atom is 0.313 e. The van der Waals surface area contributed by atoms with E-state index in [1.54, 1.807) is 0 Å². The van der Waals surface area contributed by atoms with Gasteiger partial charge in [0.2, 0.25) is 0 Å². The lowest BCUT2D eigenvalue weighted by molar-refractivity contribution is -0.133. The van der Waals surface area contributed by atoms with Gasteiger partial charge in [0, 0.05) is 6.04 Å². The number of para-hydroxylation sites is 1. The number of thioether (sulfide) groups is 2. The van der Waals surface area contributed by atoms with Gasteiger partial charge in [-0.05, 0) is 42.9 Å². The van der Waals surface area contributed by atoms with Gasteiger partial charge in [-0.3, -0.25) is 4.79 Å². The lowest BCUT2D eigenvalue weighted by Gasteiger charge is -2.25. The van der Waals surface area contributed by atoms with Gasteiger partial charge in [-0.25, -0.2) is 4.98 Å². The highest BCUT2D eigenvalue weighted by Gasteiger charge is 2.22. The molecule has 2 heterocycles. The molecule has 1 saturated heterocycles. The lowest BCUT2D eigenvalue weighted by Crippen LogP contribution is -2.16. The van der Waals surface area contributed by atoms with Crippen LogP contribution in [0, 0.1) is 6.92 Å². The number of carboxylic acid groups (broad SMARTS) is 1. The molecule has 112 valence electrons. The molecular formula is C15H18N2O2S2. The summed E-state index contributed by atoms with van der Waals surface area (Å²) in [6.07, 6.45) is 2.26. The number of hydrogen-bond donors (Lipinski definition) is 1. The van der Waals surface area contributed by atoms with Gasteiger partial charge in [0.1, 0.15) is 0 Å². The van der Waals surface area contributed by atoms with Crippen molar-refractivity contribution in [3.05, 3.63) is 23.8 Å². The molecule has 0 radical (unpaired) electrons. The van der Waals surface area contributed by atoms with Crippen molar-refractivity contribution >= 4 is 40.5 Å². The number of imidazole rings is 1. The van der Waals surface area contributed by atoms with Crippen LogP contribution in [0.2, 0.25) is 0 Å². The Bertz CT molecular complexity index is 663. The molecule has 6 heteroatoms. The van der Waals surface area contributed by atoms with Crippen molar-refractivity contribution in [3.63, 3.8) is 0 Å². The minimum Gasteiger partial charge on any atom is -0.481 e. The molecule has 2 aromatic rings. The predicted molar refractivity (Wildman–Crippen MR) is 88.4 cm³/mol. The summed E-state index contributed by atoms with van der Waals surface area (Å²) < 4.78 is 2.27. The van der Waals surface area contributed by atoms with Gasteiger partial charge in [0.05, 0.1) is 16.8 Å². The van der Waals surface area contributed by atoms with E-state index < -0.39 is 5.97 Å². The molecule has 1 aromatic heterocycles. The van der Waals surface area contributed by atoms with Crippen molar-refractivity contribution in [2.24, 2.45) is 0 Å². The van der Waals surface area contributed by atoms with Crippen LogP contribution in [0.4, 0.5) is 0 Å². The topological polar surface area (TPSA) is 55.1 Å². The first-order valence-corrected chi connectivity index (χ1v) is 9.20. The summed E-state index contributed by atoms with van der Waals surface area (Å²) in [5.74, 6) is 1.59. The molecule has 0 amide bonds. The number of nitrogens with zero attached hydrogens (tertiary/aromatic N) is 2. The molecule has 0 spiro atoms. The number of aliphatic carboxylic acids is 1. The van der Waals surface area contributed by atoms with Crippen LogP contribution < -0.4 is 0 Å². The molecule has 0 aliphatic carbocycles. The zero-order valence-corrected chi connectivity index (χ0v) is 13.5. The molecule has 1 aromatic carbocycles. The molecule has 1 aliphatic rings. The smallest absolute Gasteiger partial charge is 0.313 e. The number of hydrogen-bond acceptors (Lipinski definition) is 4. The zero-order valence-electron chi connectivity index (χ0n) is 11.9.